The molecule has 0 atom stereocenters. The number of aromatic nitrogens is 1. The number of aryl methyl sites for hydroxylation is 2. The quantitative estimate of drug-likeness (QED) is 0.801. The Morgan fingerprint density at radius 3 is 2.12 bits per heavy atom. The lowest BCUT2D eigenvalue weighted by Crippen LogP contribution is -2.35. The number of benzene rings is 1. The molecule has 2 aromatic rings. The van der Waals surface area contributed by atoms with Gasteiger partial charge in [0.2, 0.25) is 5.91 Å². The maximum Gasteiger partial charge on any atom is 0.251 e. The number of carbonyl (C=O) groups excluding carboxylic acids is 2. The van der Waals surface area contributed by atoms with Crippen molar-refractivity contribution in [1.82, 2.24) is 15.2 Å². The number of amides is 2. The van der Waals surface area contributed by atoms with Crippen molar-refractivity contribution in [3.8, 4) is 5.69 Å². The van der Waals surface area contributed by atoms with E-state index < -0.39 is 0 Å². The first-order chi connectivity index (χ1) is 11.6. The molecule has 0 unspecified atom stereocenters. The zero-order valence-electron chi connectivity index (χ0n) is 14.1. The topological polar surface area (TPSA) is 63.1 Å². The lowest BCUT2D eigenvalue weighted by Gasteiger charge is -2.11. The molecule has 1 heterocycles. The van der Waals surface area contributed by atoms with Crippen LogP contribution in [0.2, 0.25) is 0 Å². The summed E-state index contributed by atoms with van der Waals surface area (Å²) in [5, 5.41) is 5.66. The first-order valence-corrected chi connectivity index (χ1v) is 8.37. The Morgan fingerprint density at radius 2 is 1.54 bits per heavy atom. The van der Waals surface area contributed by atoms with E-state index in [-0.39, 0.29) is 17.7 Å². The van der Waals surface area contributed by atoms with E-state index in [2.05, 4.69) is 41.2 Å². The highest BCUT2D eigenvalue weighted by atomic mass is 16.2. The molecule has 1 aromatic carbocycles. The summed E-state index contributed by atoms with van der Waals surface area (Å²) in [6, 6.07) is 11.7. The van der Waals surface area contributed by atoms with Crippen molar-refractivity contribution in [3.05, 3.63) is 53.3 Å². The van der Waals surface area contributed by atoms with Gasteiger partial charge < -0.3 is 15.2 Å². The number of carbonyl (C=O) groups is 2. The van der Waals surface area contributed by atoms with Gasteiger partial charge in [-0.05, 0) is 63.1 Å². The van der Waals surface area contributed by atoms with E-state index in [4.69, 9.17) is 0 Å². The normalized spacial score (nSPS) is 13.6. The van der Waals surface area contributed by atoms with Crippen LogP contribution < -0.4 is 10.6 Å². The van der Waals surface area contributed by atoms with Crippen LogP contribution >= 0.6 is 0 Å². The summed E-state index contributed by atoms with van der Waals surface area (Å²) >= 11 is 0. The largest absolute Gasteiger partial charge is 0.354 e. The van der Waals surface area contributed by atoms with Crippen molar-refractivity contribution in [2.45, 2.75) is 26.7 Å². The van der Waals surface area contributed by atoms with Crippen molar-refractivity contribution in [2.75, 3.05) is 13.1 Å². The summed E-state index contributed by atoms with van der Waals surface area (Å²) in [6.45, 7) is 5.03. The molecular formula is C19H23N3O2. The highest BCUT2D eigenvalue weighted by Crippen LogP contribution is 2.28. The second-order valence-corrected chi connectivity index (χ2v) is 6.32. The molecule has 5 nitrogen and oxygen atoms in total. The molecule has 0 saturated heterocycles. The van der Waals surface area contributed by atoms with Crippen LogP contribution in [0.5, 0.6) is 0 Å². The second kappa shape index (κ2) is 6.91. The molecule has 0 bridgehead atoms. The summed E-state index contributed by atoms with van der Waals surface area (Å²) in [5.41, 5.74) is 3.99. The zero-order chi connectivity index (χ0) is 17.1. The van der Waals surface area contributed by atoms with Crippen LogP contribution in [0.3, 0.4) is 0 Å². The van der Waals surface area contributed by atoms with Crippen LogP contribution in [-0.2, 0) is 4.79 Å². The molecule has 1 aromatic heterocycles. The van der Waals surface area contributed by atoms with E-state index in [1.807, 2.05) is 24.3 Å². The van der Waals surface area contributed by atoms with Gasteiger partial charge in [-0.15, -0.1) is 0 Å². The second-order valence-electron chi connectivity index (χ2n) is 6.32. The molecule has 2 amide bonds. The Kier molecular flexibility index (Phi) is 4.69. The monoisotopic (exact) mass is 325 g/mol. The molecule has 2 N–H and O–H groups in total. The maximum absolute atomic E-state index is 12.1. The van der Waals surface area contributed by atoms with Gasteiger partial charge in [-0.25, -0.2) is 0 Å². The highest BCUT2D eigenvalue weighted by molar-refractivity contribution is 5.94. The Balaban J connectivity index is 1.53. The third kappa shape index (κ3) is 3.67. The number of nitrogens with zero attached hydrogens (tertiary/aromatic N) is 1. The van der Waals surface area contributed by atoms with E-state index in [0.29, 0.717) is 18.7 Å². The van der Waals surface area contributed by atoms with Crippen molar-refractivity contribution < 1.29 is 9.59 Å². The van der Waals surface area contributed by atoms with E-state index in [9.17, 15) is 9.59 Å². The predicted molar refractivity (Wildman–Crippen MR) is 93.3 cm³/mol. The van der Waals surface area contributed by atoms with E-state index in [0.717, 1.165) is 29.9 Å². The summed E-state index contributed by atoms with van der Waals surface area (Å²) in [6.07, 6.45) is 1.98. The lowest BCUT2D eigenvalue weighted by atomic mass is 10.2. The van der Waals surface area contributed by atoms with Crippen LogP contribution in [-0.4, -0.2) is 29.5 Å². The molecule has 0 radical (unpaired) electrons. The highest BCUT2D eigenvalue weighted by Gasteiger charge is 2.28. The Labute approximate surface area is 142 Å². The predicted octanol–water partition coefficient (Wildman–Crippen LogP) is 2.35. The van der Waals surface area contributed by atoms with Gasteiger partial charge in [-0.2, -0.15) is 0 Å². The molecule has 1 aliphatic rings. The van der Waals surface area contributed by atoms with Crippen molar-refractivity contribution in [3.63, 3.8) is 0 Å². The fraction of sp³-hybridized carbons (Fsp3) is 0.368. The SMILES string of the molecule is Cc1ccc(C)n1-c1ccc(C(=O)NCCNC(=O)C2CC2)cc1. The van der Waals surface area contributed by atoms with Gasteiger partial charge in [0.1, 0.15) is 0 Å². The average molecular weight is 325 g/mol. The third-order valence-electron chi connectivity index (χ3n) is 4.32. The Bertz CT molecular complexity index is 723. The fourth-order valence-electron chi connectivity index (χ4n) is 2.79. The molecule has 5 heteroatoms. The van der Waals surface area contributed by atoms with Crippen molar-refractivity contribution >= 4 is 11.8 Å². The van der Waals surface area contributed by atoms with Crippen molar-refractivity contribution in [1.29, 1.82) is 0 Å². The fourth-order valence-corrected chi connectivity index (χ4v) is 2.79. The van der Waals surface area contributed by atoms with E-state index in [1.54, 1.807) is 0 Å². The van der Waals surface area contributed by atoms with Gasteiger partial charge in [-0.1, -0.05) is 0 Å². The average Bonchev–Trinajstić information content (AvgIpc) is 3.37. The summed E-state index contributed by atoms with van der Waals surface area (Å²) in [7, 11) is 0. The van der Waals surface area contributed by atoms with Crippen LogP contribution in [0.1, 0.15) is 34.6 Å². The van der Waals surface area contributed by atoms with Crippen LogP contribution in [0.25, 0.3) is 5.69 Å². The standard InChI is InChI=1S/C19H23N3O2/c1-13-3-4-14(2)22(13)17-9-7-16(8-10-17)19(24)21-12-11-20-18(23)15-5-6-15/h3-4,7-10,15H,5-6,11-12H2,1-2H3,(H,20,23)(H,21,24). The number of hydrogen-bond acceptors (Lipinski definition) is 2. The molecule has 1 aliphatic carbocycles. The van der Waals surface area contributed by atoms with Gasteiger partial charge in [0, 0.05) is 41.6 Å². The van der Waals surface area contributed by atoms with Crippen LogP contribution in [0.15, 0.2) is 36.4 Å². The Hall–Kier alpha value is -2.56. The van der Waals surface area contributed by atoms with Gasteiger partial charge in [0.25, 0.3) is 5.91 Å². The molecule has 0 aliphatic heterocycles. The molecule has 1 fully saturated rings. The minimum atomic E-state index is -0.122. The van der Waals surface area contributed by atoms with E-state index in [1.165, 1.54) is 0 Å². The van der Waals surface area contributed by atoms with Crippen LogP contribution in [0.4, 0.5) is 0 Å². The maximum atomic E-state index is 12.1. The summed E-state index contributed by atoms with van der Waals surface area (Å²) < 4.78 is 2.15. The minimum Gasteiger partial charge on any atom is -0.354 e. The molecular weight excluding hydrogens is 302 g/mol. The Morgan fingerprint density at radius 1 is 0.958 bits per heavy atom. The number of hydrogen-bond donors (Lipinski definition) is 2. The first kappa shape index (κ1) is 16.3. The molecule has 3 rings (SSSR count). The molecule has 0 spiro atoms. The molecule has 1 saturated carbocycles. The smallest absolute Gasteiger partial charge is 0.251 e. The van der Waals surface area contributed by atoms with Gasteiger partial charge in [-0.3, -0.25) is 9.59 Å². The van der Waals surface area contributed by atoms with Gasteiger partial charge in [0.15, 0.2) is 0 Å². The molecule has 126 valence electrons. The summed E-state index contributed by atoms with van der Waals surface area (Å²) in [4.78, 5) is 23.6. The van der Waals surface area contributed by atoms with Gasteiger partial charge >= 0.3 is 0 Å². The number of nitrogens with one attached hydrogen (secondary N) is 2. The lowest BCUT2D eigenvalue weighted by molar-refractivity contribution is -0.122. The van der Waals surface area contributed by atoms with E-state index >= 15 is 0 Å². The summed E-state index contributed by atoms with van der Waals surface area (Å²) in [5.74, 6) is 0.183. The van der Waals surface area contributed by atoms with Gasteiger partial charge in [0.05, 0.1) is 0 Å². The van der Waals surface area contributed by atoms with Crippen LogP contribution in [0, 0.1) is 19.8 Å². The van der Waals surface area contributed by atoms with Crippen molar-refractivity contribution in [2.24, 2.45) is 5.92 Å². The number of rotatable bonds is 6. The third-order valence-corrected chi connectivity index (χ3v) is 4.32. The first-order valence-electron chi connectivity index (χ1n) is 8.37. The minimum absolute atomic E-state index is 0.103. The zero-order valence-corrected chi connectivity index (χ0v) is 14.1. The molecule has 24 heavy (non-hydrogen) atoms.